The Morgan fingerprint density at radius 1 is 0.968 bits per heavy atom. The number of nitrogens with one attached hydrogen (secondary N) is 1. The monoisotopic (exact) mass is 422 g/mol. The van der Waals surface area contributed by atoms with Gasteiger partial charge in [0, 0.05) is 68.8 Å². The van der Waals surface area contributed by atoms with Gasteiger partial charge in [-0.15, -0.1) is 0 Å². The van der Waals surface area contributed by atoms with Gasteiger partial charge in [-0.2, -0.15) is 0 Å². The highest BCUT2D eigenvalue weighted by molar-refractivity contribution is 6.04. The first-order valence-electron chi connectivity index (χ1n) is 11.4. The molecule has 2 aromatic rings. The van der Waals surface area contributed by atoms with Crippen molar-refractivity contribution in [1.29, 1.82) is 0 Å². The average molecular weight is 423 g/mol. The molecule has 2 aliphatic heterocycles. The van der Waals surface area contributed by atoms with E-state index in [4.69, 9.17) is 4.74 Å². The lowest BCUT2D eigenvalue weighted by atomic mass is 10.1. The summed E-state index contributed by atoms with van der Waals surface area (Å²) in [6, 6.07) is 16.7. The van der Waals surface area contributed by atoms with Crippen LogP contribution in [-0.4, -0.2) is 74.2 Å². The molecule has 0 bridgehead atoms. The summed E-state index contributed by atoms with van der Waals surface area (Å²) in [6.07, 6.45) is 0. The lowest BCUT2D eigenvalue weighted by molar-refractivity contribution is 0.0342. The number of carbonyl (C=O) groups excluding carboxylic acids is 1. The molecule has 1 N–H and O–H groups in total. The Labute approximate surface area is 185 Å². The highest BCUT2D eigenvalue weighted by atomic mass is 16.5. The molecule has 6 nitrogen and oxygen atoms in total. The molecule has 0 atom stereocenters. The Kier molecular flexibility index (Phi) is 7.22. The van der Waals surface area contributed by atoms with Gasteiger partial charge in [0.2, 0.25) is 0 Å². The second kappa shape index (κ2) is 10.3. The van der Waals surface area contributed by atoms with Crippen LogP contribution in [-0.2, 0) is 11.3 Å². The molecule has 2 fully saturated rings. The molecular formula is C25H34N4O2. The molecule has 166 valence electrons. The lowest BCUT2D eigenvalue weighted by Crippen LogP contribution is -2.48. The first-order chi connectivity index (χ1) is 15.1. The van der Waals surface area contributed by atoms with Crippen LogP contribution in [0.4, 0.5) is 11.4 Å². The molecule has 6 heteroatoms. The number of rotatable bonds is 6. The van der Waals surface area contributed by atoms with Crippen molar-refractivity contribution in [1.82, 2.24) is 9.80 Å². The van der Waals surface area contributed by atoms with Crippen LogP contribution < -0.4 is 10.2 Å². The van der Waals surface area contributed by atoms with E-state index in [0.29, 0.717) is 11.6 Å². The molecule has 0 aromatic heterocycles. The Bertz CT molecular complexity index is 854. The maximum Gasteiger partial charge on any atom is 0.255 e. The number of nitrogens with zero attached hydrogens (tertiary/aromatic N) is 3. The van der Waals surface area contributed by atoms with E-state index in [2.05, 4.69) is 58.1 Å². The summed E-state index contributed by atoms with van der Waals surface area (Å²) in [4.78, 5) is 20.0. The summed E-state index contributed by atoms with van der Waals surface area (Å²) in [5, 5.41) is 3.05. The minimum Gasteiger partial charge on any atom is -0.379 e. The number of piperazine rings is 1. The molecule has 2 heterocycles. The molecule has 1 amide bonds. The van der Waals surface area contributed by atoms with Crippen LogP contribution >= 0.6 is 0 Å². The quantitative estimate of drug-likeness (QED) is 0.774. The number of hydrogen-bond acceptors (Lipinski definition) is 5. The fourth-order valence-electron chi connectivity index (χ4n) is 4.29. The van der Waals surface area contributed by atoms with Crippen LogP contribution in [0.25, 0.3) is 0 Å². The Hall–Kier alpha value is -2.41. The first-order valence-corrected chi connectivity index (χ1v) is 11.4. The van der Waals surface area contributed by atoms with Crippen molar-refractivity contribution in [2.24, 2.45) is 0 Å². The normalized spacial score (nSPS) is 18.4. The van der Waals surface area contributed by atoms with Gasteiger partial charge in [0.05, 0.1) is 13.2 Å². The SMILES string of the molecule is CC(C)N1CCN(c2ccc(C(=O)Nc3cccc(CN4CCOCC4)c3)cc2)CC1. The smallest absolute Gasteiger partial charge is 0.255 e. The lowest BCUT2D eigenvalue weighted by Gasteiger charge is -2.38. The fraction of sp³-hybridized carbons (Fsp3) is 0.480. The summed E-state index contributed by atoms with van der Waals surface area (Å²) >= 11 is 0. The van der Waals surface area contributed by atoms with E-state index in [-0.39, 0.29) is 5.91 Å². The van der Waals surface area contributed by atoms with E-state index < -0.39 is 0 Å². The maximum atomic E-state index is 12.8. The zero-order valence-corrected chi connectivity index (χ0v) is 18.7. The number of ether oxygens (including phenoxy) is 1. The molecule has 0 saturated carbocycles. The number of carbonyl (C=O) groups is 1. The van der Waals surface area contributed by atoms with Gasteiger partial charge in [0.1, 0.15) is 0 Å². The van der Waals surface area contributed by atoms with E-state index in [0.717, 1.165) is 64.7 Å². The van der Waals surface area contributed by atoms with Crippen molar-refractivity contribution in [2.75, 3.05) is 62.7 Å². The highest BCUT2D eigenvalue weighted by Gasteiger charge is 2.19. The highest BCUT2D eigenvalue weighted by Crippen LogP contribution is 2.20. The predicted octanol–water partition coefficient (Wildman–Crippen LogP) is 3.30. The molecule has 2 saturated heterocycles. The average Bonchev–Trinajstić information content (AvgIpc) is 2.80. The van der Waals surface area contributed by atoms with Gasteiger partial charge in [-0.05, 0) is 55.8 Å². The summed E-state index contributed by atoms with van der Waals surface area (Å²) in [5.74, 6) is -0.0697. The Balaban J connectivity index is 1.33. The summed E-state index contributed by atoms with van der Waals surface area (Å²) < 4.78 is 5.42. The van der Waals surface area contributed by atoms with E-state index in [1.807, 2.05) is 24.3 Å². The molecule has 0 radical (unpaired) electrons. The third-order valence-electron chi connectivity index (χ3n) is 6.23. The van der Waals surface area contributed by atoms with Crippen molar-refractivity contribution in [3.8, 4) is 0 Å². The number of amides is 1. The van der Waals surface area contributed by atoms with Crippen LogP contribution in [0.5, 0.6) is 0 Å². The van der Waals surface area contributed by atoms with E-state index >= 15 is 0 Å². The molecule has 4 rings (SSSR count). The second-order valence-corrected chi connectivity index (χ2v) is 8.71. The molecule has 2 aromatic carbocycles. The van der Waals surface area contributed by atoms with Crippen LogP contribution in [0.3, 0.4) is 0 Å². The topological polar surface area (TPSA) is 48.0 Å². The van der Waals surface area contributed by atoms with E-state index in [1.165, 1.54) is 11.3 Å². The fourth-order valence-corrected chi connectivity index (χ4v) is 4.29. The van der Waals surface area contributed by atoms with Crippen molar-refractivity contribution >= 4 is 17.3 Å². The van der Waals surface area contributed by atoms with Crippen LogP contribution in [0.1, 0.15) is 29.8 Å². The van der Waals surface area contributed by atoms with Crippen LogP contribution in [0.2, 0.25) is 0 Å². The van der Waals surface area contributed by atoms with Crippen molar-refractivity contribution < 1.29 is 9.53 Å². The number of morpholine rings is 1. The van der Waals surface area contributed by atoms with Gasteiger partial charge in [-0.25, -0.2) is 0 Å². The third-order valence-corrected chi connectivity index (χ3v) is 6.23. The van der Waals surface area contributed by atoms with Crippen molar-refractivity contribution in [3.05, 3.63) is 59.7 Å². The zero-order chi connectivity index (χ0) is 21.6. The Morgan fingerprint density at radius 2 is 1.68 bits per heavy atom. The van der Waals surface area contributed by atoms with Crippen LogP contribution in [0, 0.1) is 0 Å². The molecule has 2 aliphatic rings. The van der Waals surface area contributed by atoms with Gasteiger partial charge < -0.3 is 15.0 Å². The Morgan fingerprint density at radius 3 is 2.35 bits per heavy atom. The number of benzene rings is 2. The standard InChI is InChI=1S/C25H34N4O2/c1-20(2)28-10-12-29(13-11-28)24-8-6-22(7-9-24)25(30)26-23-5-3-4-21(18-23)19-27-14-16-31-17-15-27/h3-9,18,20H,10-17,19H2,1-2H3,(H,26,30). The van der Waals surface area contributed by atoms with Crippen molar-refractivity contribution in [2.45, 2.75) is 26.4 Å². The molecule has 0 aliphatic carbocycles. The van der Waals surface area contributed by atoms with Gasteiger partial charge in [0.25, 0.3) is 5.91 Å². The third kappa shape index (κ3) is 5.85. The minimum atomic E-state index is -0.0697. The zero-order valence-electron chi connectivity index (χ0n) is 18.7. The van der Waals surface area contributed by atoms with E-state index in [9.17, 15) is 4.79 Å². The van der Waals surface area contributed by atoms with Crippen LogP contribution in [0.15, 0.2) is 48.5 Å². The summed E-state index contributed by atoms with van der Waals surface area (Å²) in [5.41, 5.74) is 3.91. The molecule has 0 spiro atoms. The summed E-state index contributed by atoms with van der Waals surface area (Å²) in [7, 11) is 0. The van der Waals surface area contributed by atoms with Crippen molar-refractivity contribution in [3.63, 3.8) is 0 Å². The molecule has 0 unspecified atom stereocenters. The predicted molar refractivity (Wildman–Crippen MR) is 126 cm³/mol. The van der Waals surface area contributed by atoms with Gasteiger partial charge in [0.15, 0.2) is 0 Å². The molecular weight excluding hydrogens is 388 g/mol. The maximum absolute atomic E-state index is 12.8. The first kappa shape index (κ1) is 21.8. The second-order valence-electron chi connectivity index (χ2n) is 8.71. The minimum absolute atomic E-state index is 0.0697. The summed E-state index contributed by atoms with van der Waals surface area (Å²) in [6.45, 7) is 13.1. The van der Waals surface area contributed by atoms with Gasteiger partial charge in [-0.3, -0.25) is 14.6 Å². The number of hydrogen-bond donors (Lipinski definition) is 1. The van der Waals surface area contributed by atoms with Gasteiger partial charge >= 0.3 is 0 Å². The molecule has 31 heavy (non-hydrogen) atoms. The van der Waals surface area contributed by atoms with Gasteiger partial charge in [-0.1, -0.05) is 12.1 Å². The largest absolute Gasteiger partial charge is 0.379 e. The number of anilines is 2. The van der Waals surface area contributed by atoms with E-state index in [1.54, 1.807) is 0 Å².